The minimum absolute atomic E-state index is 0.0618. The van der Waals surface area contributed by atoms with Crippen LogP contribution in [0, 0.1) is 0 Å². The minimum atomic E-state index is -0.893. The fraction of sp³-hybridized carbons (Fsp3) is 0.160. The normalized spacial score (nSPS) is 17.2. The lowest BCUT2D eigenvalue weighted by Crippen LogP contribution is -2.29. The fourth-order valence-corrected chi connectivity index (χ4v) is 4.50. The maximum Gasteiger partial charge on any atom is 0.296 e. The first-order valence-electron chi connectivity index (χ1n) is 10.2. The van der Waals surface area contributed by atoms with Gasteiger partial charge < -0.3 is 19.5 Å². The van der Waals surface area contributed by atoms with Crippen LogP contribution in [0.4, 0.5) is 0 Å². The van der Waals surface area contributed by atoms with Gasteiger partial charge in [-0.3, -0.25) is 14.6 Å². The summed E-state index contributed by atoms with van der Waals surface area (Å²) in [7, 11) is 2.92. The number of amides is 1. The maximum atomic E-state index is 13.2. The van der Waals surface area contributed by atoms with Gasteiger partial charge in [-0.05, 0) is 42.0 Å². The number of likely N-dealkylation sites (tertiary alicyclic amines) is 1. The topological polar surface area (TPSA) is 89.0 Å². The highest BCUT2D eigenvalue weighted by Gasteiger charge is 2.46. The number of ether oxygens (including phenoxy) is 2. The van der Waals surface area contributed by atoms with Crippen molar-refractivity contribution in [3.8, 4) is 11.5 Å². The van der Waals surface area contributed by atoms with Crippen molar-refractivity contribution in [1.82, 2.24) is 9.88 Å². The van der Waals surface area contributed by atoms with Crippen molar-refractivity contribution in [2.24, 2.45) is 0 Å². The predicted molar refractivity (Wildman–Crippen MR) is 128 cm³/mol. The lowest BCUT2D eigenvalue weighted by molar-refractivity contribution is -0.140. The van der Waals surface area contributed by atoms with E-state index in [9.17, 15) is 14.7 Å². The summed E-state index contributed by atoms with van der Waals surface area (Å²) in [5, 5.41) is 11.7. The number of halogens is 2. The van der Waals surface area contributed by atoms with Crippen molar-refractivity contribution in [2.75, 3.05) is 14.2 Å². The van der Waals surface area contributed by atoms with Crippen LogP contribution in [-0.2, 0) is 16.1 Å². The summed E-state index contributed by atoms with van der Waals surface area (Å²) >= 11 is 12.4. The average molecular weight is 499 g/mol. The molecule has 1 aromatic heterocycles. The number of carbonyl (C=O) groups excluding carboxylic acids is 2. The number of nitrogens with zero attached hydrogens (tertiary/aromatic N) is 2. The third kappa shape index (κ3) is 4.32. The van der Waals surface area contributed by atoms with E-state index in [0.29, 0.717) is 17.0 Å². The Hall–Kier alpha value is -3.55. The van der Waals surface area contributed by atoms with Crippen molar-refractivity contribution in [1.29, 1.82) is 0 Å². The molecule has 0 aliphatic carbocycles. The Morgan fingerprint density at radius 2 is 1.79 bits per heavy atom. The van der Waals surface area contributed by atoms with Crippen LogP contribution >= 0.6 is 23.2 Å². The van der Waals surface area contributed by atoms with E-state index in [1.165, 1.54) is 31.3 Å². The molecular formula is C25H20Cl2N2O5. The van der Waals surface area contributed by atoms with Crippen LogP contribution in [0.1, 0.15) is 22.9 Å². The Kier molecular flexibility index (Phi) is 6.77. The summed E-state index contributed by atoms with van der Waals surface area (Å²) in [6, 6.07) is 14.2. The largest absolute Gasteiger partial charge is 0.507 e. The predicted octanol–water partition coefficient (Wildman–Crippen LogP) is 5.03. The summed E-state index contributed by atoms with van der Waals surface area (Å²) in [6.07, 6.45) is 1.60. The Bertz CT molecular complexity index is 1280. The van der Waals surface area contributed by atoms with E-state index in [-0.39, 0.29) is 33.5 Å². The number of Topliss-reactive ketones (excluding diaryl/α,β-unsaturated/α-hetero) is 1. The third-order valence-corrected chi connectivity index (χ3v) is 6.00. The monoisotopic (exact) mass is 498 g/mol. The van der Waals surface area contributed by atoms with E-state index in [0.717, 1.165) is 0 Å². The molecule has 0 saturated carbocycles. The quantitative estimate of drug-likeness (QED) is 0.291. The second kappa shape index (κ2) is 9.75. The lowest BCUT2D eigenvalue weighted by Gasteiger charge is -2.25. The van der Waals surface area contributed by atoms with Gasteiger partial charge in [0.25, 0.3) is 11.7 Å². The van der Waals surface area contributed by atoms with Crippen molar-refractivity contribution in [2.45, 2.75) is 12.6 Å². The van der Waals surface area contributed by atoms with Crippen molar-refractivity contribution in [3.05, 3.63) is 93.2 Å². The number of aliphatic hydroxyl groups is 1. The van der Waals surface area contributed by atoms with E-state index >= 15 is 0 Å². The van der Waals surface area contributed by atoms with E-state index in [4.69, 9.17) is 32.7 Å². The van der Waals surface area contributed by atoms with Gasteiger partial charge in [0.15, 0.2) is 0 Å². The average Bonchev–Trinajstić information content (AvgIpc) is 3.08. The molecule has 0 radical (unpaired) electrons. The SMILES string of the molecule is COc1ccc(C2/C(=C(\O)c3cc(Cl)cc(Cl)c3OC)C(=O)C(=O)N2Cc2ccccn2)cc1. The maximum absolute atomic E-state index is 13.2. The fourth-order valence-electron chi connectivity index (χ4n) is 3.93. The van der Waals surface area contributed by atoms with Gasteiger partial charge in [0.1, 0.15) is 17.3 Å². The molecule has 1 aliphatic heterocycles. The number of pyridine rings is 1. The molecule has 7 nitrogen and oxygen atoms in total. The summed E-state index contributed by atoms with van der Waals surface area (Å²) in [5.74, 6) is -1.31. The third-order valence-electron chi connectivity index (χ3n) is 5.50. The molecule has 1 atom stereocenters. The number of hydrogen-bond donors (Lipinski definition) is 1. The minimum Gasteiger partial charge on any atom is -0.507 e. The Balaban J connectivity index is 1.92. The second-order valence-electron chi connectivity index (χ2n) is 7.49. The molecule has 1 amide bonds. The van der Waals surface area contributed by atoms with Crippen molar-refractivity contribution in [3.63, 3.8) is 0 Å². The molecule has 1 saturated heterocycles. The van der Waals surface area contributed by atoms with Gasteiger partial charge in [0, 0.05) is 11.2 Å². The number of rotatable bonds is 6. The zero-order valence-corrected chi connectivity index (χ0v) is 19.8. The first-order valence-corrected chi connectivity index (χ1v) is 11.0. The molecule has 0 spiro atoms. The first kappa shape index (κ1) is 23.6. The van der Waals surface area contributed by atoms with Crippen LogP contribution in [0.25, 0.3) is 5.76 Å². The summed E-state index contributed by atoms with van der Waals surface area (Å²) in [4.78, 5) is 32.0. The molecule has 1 unspecified atom stereocenters. The van der Waals surface area contributed by atoms with Crippen LogP contribution < -0.4 is 9.47 Å². The molecule has 2 aromatic carbocycles. The van der Waals surface area contributed by atoms with Gasteiger partial charge in [-0.25, -0.2) is 0 Å². The molecular weight excluding hydrogens is 479 g/mol. The summed E-state index contributed by atoms with van der Waals surface area (Å²) in [6.45, 7) is 0.0618. The number of ketones is 1. The van der Waals surface area contributed by atoms with Crippen LogP contribution in [0.5, 0.6) is 11.5 Å². The van der Waals surface area contributed by atoms with Crippen LogP contribution in [0.2, 0.25) is 10.0 Å². The highest BCUT2D eigenvalue weighted by atomic mass is 35.5. The molecule has 1 N–H and O–H groups in total. The molecule has 2 heterocycles. The van der Waals surface area contributed by atoms with Crippen molar-refractivity contribution < 1.29 is 24.2 Å². The first-order chi connectivity index (χ1) is 16.3. The molecule has 4 rings (SSSR count). The molecule has 9 heteroatoms. The molecule has 0 bridgehead atoms. The number of hydrogen-bond acceptors (Lipinski definition) is 6. The standard InChI is InChI=1S/C25H20Cl2N2O5/c1-33-17-8-6-14(7-9-17)21-20(22(30)18-11-15(26)12-19(27)24(18)34-2)23(31)25(32)29(21)13-16-5-3-4-10-28-16/h3-12,21,30H,13H2,1-2H3/b22-20+. The van der Waals surface area contributed by atoms with E-state index in [1.807, 2.05) is 0 Å². The van der Waals surface area contributed by atoms with Gasteiger partial charge >= 0.3 is 0 Å². The highest BCUT2D eigenvalue weighted by Crippen LogP contribution is 2.43. The Morgan fingerprint density at radius 1 is 1.06 bits per heavy atom. The summed E-state index contributed by atoms with van der Waals surface area (Å²) in [5.41, 5.74) is 1.19. The lowest BCUT2D eigenvalue weighted by atomic mass is 9.95. The molecule has 174 valence electrons. The van der Waals surface area contributed by atoms with Gasteiger partial charge in [-0.1, -0.05) is 41.4 Å². The van der Waals surface area contributed by atoms with E-state index in [1.54, 1.807) is 48.7 Å². The number of benzene rings is 2. The van der Waals surface area contributed by atoms with Crippen LogP contribution in [0.15, 0.2) is 66.4 Å². The van der Waals surface area contributed by atoms with Crippen molar-refractivity contribution >= 4 is 40.7 Å². The number of methoxy groups -OCH3 is 2. The number of carbonyl (C=O) groups is 2. The molecule has 3 aromatic rings. The zero-order chi connectivity index (χ0) is 24.4. The Labute approximate surface area is 206 Å². The van der Waals surface area contributed by atoms with Gasteiger partial charge in [-0.2, -0.15) is 0 Å². The number of aromatic nitrogens is 1. The zero-order valence-electron chi connectivity index (χ0n) is 18.3. The molecule has 1 fully saturated rings. The highest BCUT2D eigenvalue weighted by molar-refractivity contribution is 6.46. The second-order valence-corrected chi connectivity index (χ2v) is 8.33. The van der Waals surface area contributed by atoms with Crippen LogP contribution in [-0.4, -0.2) is 40.9 Å². The smallest absolute Gasteiger partial charge is 0.296 e. The molecule has 1 aliphatic rings. The van der Waals surface area contributed by atoms with Gasteiger partial charge in [0.2, 0.25) is 0 Å². The van der Waals surface area contributed by atoms with Gasteiger partial charge in [0.05, 0.1) is 48.7 Å². The number of aliphatic hydroxyl groups excluding tert-OH is 1. The molecule has 34 heavy (non-hydrogen) atoms. The summed E-state index contributed by atoms with van der Waals surface area (Å²) < 4.78 is 10.6. The van der Waals surface area contributed by atoms with Crippen LogP contribution in [0.3, 0.4) is 0 Å². The van der Waals surface area contributed by atoms with Gasteiger partial charge in [-0.15, -0.1) is 0 Å². The van der Waals surface area contributed by atoms with E-state index in [2.05, 4.69) is 4.98 Å². The van der Waals surface area contributed by atoms with E-state index < -0.39 is 23.5 Å². The Morgan fingerprint density at radius 3 is 2.41 bits per heavy atom.